The molecule has 0 unspecified atom stereocenters. The van der Waals surface area contributed by atoms with Gasteiger partial charge in [-0.1, -0.05) is 12.1 Å². The highest BCUT2D eigenvalue weighted by atomic mass is 32.1. The third-order valence-electron chi connectivity index (χ3n) is 3.58. The summed E-state index contributed by atoms with van der Waals surface area (Å²) in [5.41, 5.74) is 0.846. The predicted octanol–water partition coefficient (Wildman–Crippen LogP) is 3.90. The molecule has 4 nitrogen and oxygen atoms in total. The van der Waals surface area contributed by atoms with Crippen LogP contribution >= 0.6 is 12.2 Å². The van der Waals surface area contributed by atoms with Gasteiger partial charge in [-0.15, -0.1) is 0 Å². The van der Waals surface area contributed by atoms with Crippen LogP contribution in [-0.4, -0.2) is 25.9 Å². The molecule has 0 saturated carbocycles. The zero-order valence-electron chi connectivity index (χ0n) is 14.1. The minimum Gasteiger partial charge on any atom is -0.493 e. The van der Waals surface area contributed by atoms with E-state index in [2.05, 4.69) is 10.6 Å². The molecule has 2 aromatic rings. The molecule has 0 aliphatic heterocycles. The van der Waals surface area contributed by atoms with Gasteiger partial charge in [-0.25, -0.2) is 8.78 Å². The summed E-state index contributed by atoms with van der Waals surface area (Å²) in [4.78, 5) is 0. The van der Waals surface area contributed by atoms with E-state index in [9.17, 15) is 8.78 Å². The third-order valence-corrected chi connectivity index (χ3v) is 3.82. The highest BCUT2D eigenvalue weighted by Crippen LogP contribution is 2.27. The highest BCUT2D eigenvalue weighted by Gasteiger charge is 2.09. The fraction of sp³-hybridized carbons (Fsp3) is 0.278. The Balaban J connectivity index is 1.80. The number of hydrogen-bond donors (Lipinski definition) is 2. The second kappa shape index (κ2) is 9.17. The molecular formula is C18H20F2N2O2S. The van der Waals surface area contributed by atoms with Crippen molar-refractivity contribution >= 4 is 23.0 Å². The van der Waals surface area contributed by atoms with E-state index >= 15 is 0 Å². The van der Waals surface area contributed by atoms with Gasteiger partial charge in [0.15, 0.2) is 16.6 Å². The van der Waals surface area contributed by atoms with Gasteiger partial charge in [-0.2, -0.15) is 0 Å². The van der Waals surface area contributed by atoms with Gasteiger partial charge in [-0.05, 0) is 54.9 Å². The molecule has 0 radical (unpaired) electrons. The lowest BCUT2D eigenvalue weighted by Gasteiger charge is -2.12. The van der Waals surface area contributed by atoms with Gasteiger partial charge in [0.05, 0.1) is 14.2 Å². The summed E-state index contributed by atoms with van der Waals surface area (Å²) < 4.78 is 37.6. The molecule has 0 saturated heterocycles. The molecule has 0 aliphatic rings. The molecule has 0 spiro atoms. The van der Waals surface area contributed by atoms with Crippen molar-refractivity contribution in [1.82, 2.24) is 5.32 Å². The topological polar surface area (TPSA) is 42.5 Å². The molecule has 25 heavy (non-hydrogen) atoms. The van der Waals surface area contributed by atoms with Crippen molar-refractivity contribution in [3.8, 4) is 11.5 Å². The molecule has 2 N–H and O–H groups in total. The van der Waals surface area contributed by atoms with Crippen molar-refractivity contribution in [1.29, 1.82) is 0 Å². The third kappa shape index (κ3) is 5.29. The van der Waals surface area contributed by atoms with E-state index in [0.717, 1.165) is 18.4 Å². The van der Waals surface area contributed by atoms with Crippen molar-refractivity contribution in [3.05, 3.63) is 53.6 Å². The summed E-state index contributed by atoms with van der Waals surface area (Å²) in [6.07, 6.45) is 1.58. The largest absolute Gasteiger partial charge is 0.493 e. The van der Waals surface area contributed by atoms with E-state index in [1.165, 1.54) is 18.2 Å². The van der Waals surface area contributed by atoms with Gasteiger partial charge in [0, 0.05) is 6.54 Å². The zero-order valence-corrected chi connectivity index (χ0v) is 14.9. The van der Waals surface area contributed by atoms with Crippen molar-refractivity contribution in [2.75, 3.05) is 26.1 Å². The quantitative estimate of drug-likeness (QED) is 0.575. The number of anilines is 1. The van der Waals surface area contributed by atoms with Crippen LogP contribution in [0.25, 0.3) is 0 Å². The number of halogens is 2. The molecule has 0 aliphatic carbocycles. The Morgan fingerprint density at radius 1 is 1.04 bits per heavy atom. The molecule has 0 amide bonds. The maximum Gasteiger partial charge on any atom is 0.170 e. The summed E-state index contributed by atoms with van der Waals surface area (Å²) in [6, 6.07) is 9.39. The standard InChI is InChI=1S/C18H20F2N2O2S/c1-23-15-9-8-12(11-16(15)24-2)5-4-10-21-18(25)22-17-13(19)6-3-7-14(17)20/h3,6-9,11H,4-5,10H2,1-2H3,(H2,21,22,25). The number of nitrogens with one attached hydrogen (secondary N) is 2. The van der Waals surface area contributed by atoms with E-state index in [-0.39, 0.29) is 10.8 Å². The average molecular weight is 366 g/mol. The van der Waals surface area contributed by atoms with Crippen molar-refractivity contribution in [2.45, 2.75) is 12.8 Å². The maximum atomic E-state index is 13.5. The Morgan fingerprint density at radius 3 is 2.36 bits per heavy atom. The number of hydrogen-bond acceptors (Lipinski definition) is 3. The molecule has 7 heteroatoms. The van der Waals surface area contributed by atoms with Crippen LogP contribution in [0.1, 0.15) is 12.0 Å². The van der Waals surface area contributed by atoms with Gasteiger partial charge < -0.3 is 20.1 Å². The Bertz CT molecular complexity index is 721. The lowest BCUT2D eigenvalue weighted by atomic mass is 10.1. The van der Waals surface area contributed by atoms with Gasteiger partial charge >= 0.3 is 0 Å². The molecule has 2 rings (SSSR count). The Morgan fingerprint density at radius 2 is 1.72 bits per heavy atom. The SMILES string of the molecule is COc1ccc(CCCNC(=S)Nc2c(F)cccc2F)cc1OC. The van der Waals surface area contributed by atoms with Crippen LogP contribution in [0.15, 0.2) is 36.4 Å². The van der Waals surface area contributed by atoms with E-state index < -0.39 is 11.6 Å². The van der Waals surface area contributed by atoms with Crippen LogP contribution in [0, 0.1) is 11.6 Å². The number of para-hydroxylation sites is 1. The maximum absolute atomic E-state index is 13.5. The summed E-state index contributed by atoms with van der Waals surface area (Å²) in [6.45, 7) is 0.566. The molecule has 0 fully saturated rings. The van der Waals surface area contributed by atoms with E-state index in [4.69, 9.17) is 21.7 Å². The Labute approximate surface area is 151 Å². The Hall–Kier alpha value is -2.41. The number of benzene rings is 2. The molecule has 134 valence electrons. The van der Waals surface area contributed by atoms with Crippen LogP contribution in [0.5, 0.6) is 11.5 Å². The minimum atomic E-state index is -0.686. The van der Waals surface area contributed by atoms with Crippen molar-refractivity contribution in [2.24, 2.45) is 0 Å². The molecule has 2 aromatic carbocycles. The average Bonchev–Trinajstić information content (AvgIpc) is 2.61. The number of rotatable bonds is 7. The molecule has 0 atom stereocenters. The van der Waals surface area contributed by atoms with Gasteiger partial charge in [0.25, 0.3) is 0 Å². The monoisotopic (exact) mass is 366 g/mol. The van der Waals surface area contributed by atoms with Crippen molar-refractivity contribution in [3.63, 3.8) is 0 Å². The first kappa shape index (κ1) is 18.9. The first-order chi connectivity index (χ1) is 12.0. The fourth-order valence-corrected chi connectivity index (χ4v) is 2.51. The Kier molecular flexibility index (Phi) is 6.94. The van der Waals surface area contributed by atoms with Crippen LogP contribution in [0.4, 0.5) is 14.5 Å². The smallest absolute Gasteiger partial charge is 0.170 e. The second-order valence-corrected chi connectivity index (χ2v) is 5.68. The van der Waals surface area contributed by atoms with Crippen LogP contribution < -0.4 is 20.1 Å². The lowest BCUT2D eigenvalue weighted by Crippen LogP contribution is -2.30. The summed E-state index contributed by atoms with van der Waals surface area (Å²) in [5, 5.41) is 5.66. The summed E-state index contributed by atoms with van der Waals surface area (Å²) in [5.74, 6) is -0.00852. The van der Waals surface area contributed by atoms with Gasteiger partial charge in [-0.3, -0.25) is 0 Å². The first-order valence-corrected chi connectivity index (χ1v) is 8.15. The summed E-state index contributed by atoms with van der Waals surface area (Å²) in [7, 11) is 3.18. The predicted molar refractivity (Wildman–Crippen MR) is 98.4 cm³/mol. The molecule has 0 aromatic heterocycles. The van der Waals surface area contributed by atoms with Gasteiger partial charge in [0.1, 0.15) is 17.3 Å². The first-order valence-electron chi connectivity index (χ1n) is 7.75. The van der Waals surface area contributed by atoms with Crippen LogP contribution in [0.2, 0.25) is 0 Å². The van der Waals surface area contributed by atoms with Crippen LogP contribution in [0.3, 0.4) is 0 Å². The van der Waals surface area contributed by atoms with E-state index in [1.807, 2.05) is 18.2 Å². The number of methoxy groups -OCH3 is 2. The van der Waals surface area contributed by atoms with E-state index in [1.54, 1.807) is 14.2 Å². The molecular weight excluding hydrogens is 346 g/mol. The number of ether oxygens (including phenoxy) is 2. The number of aryl methyl sites for hydroxylation is 1. The van der Waals surface area contributed by atoms with Crippen molar-refractivity contribution < 1.29 is 18.3 Å². The number of thiocarbonyl (C=S) groups is 1. The van der Waals surface area contributed by atoms with Gasteiger partial charge in [0.2, 0.25) is 0 Å². The molecule has 0 heterocycles. The minimum absolute atomic E-state index is 0.177. The fourth-order valence-electron chi connectivity index (χ4n) is 2.31. The highest BCUT2D eigenvalue weighted by molar-refractivity contribution is 7.80. The molecule has 0 bridgehead atoms. The van der Waals surface area contributed by atoms with Crippen LogP contribution in [-0.2, 0) is 6.42 Å². The van der Waals surface area contributed by atoms with E-state index in [0.29, 0.717) is 18.0 Å². The lowest BCUT2D eigenvalue weighted by molar-refractivity contribution is 0.354. The summed E-state index contributed by atoms with van der Waals surface area (Å²) >= 11 is 5.07. The zero-order chi connectivity index (χ0) is 18.2. The second-order valence-electron chi connectivity index (χ2n) is 5.27. The normalized spacial score (nSPS) is 10.2.